The Hall–Kier alpha value is -2.81. The fraction of sp³-hybridized carbons (Fsp3) is 0.375. The van der Waals surface area contributed by atoms with Gasteiger partial charge in [0.05, 0.1) is 11.7 Å². The van der Waals surface area contributed by atoms with Crippen molar-refractivity contribution >= 4 is 36.0 Å². The quantitative estimate of drug-likeness (QED) is 0.407. The molecule has 0 bridgehead atoms. The second-order valence-corrected chi connectivity index (χ2v) is 9.90. The minimum atomic E-state index is -0.0140. The summed E-state index contributed by atoms with van der Waals surface area (Å²) in [6, 6.07) is 11.3. The summed E-state index contributed by atoms with van der Waals surface area (Å²) >= 11 is 0. The SMILES string of the molecule is CC1(C)CC(n2nnc3cc(-c4ccc(-c5cccnc5)cc4O)nnc32)CC(C)(C)N1.Cl.Cl. The number of nitrogens with zero attached hydrogens (tertiary/aromatic N) is 6. The van der Waals surface area contributed by atoms with Crippen molar-refractivity contribution < 1.29 is 5.11 Å². The van der Waals surface area contributed by atoms with E-state index in [1.165, 1.54) is 0 Å². The van der Waals surface area contributed by atoms with Crippen LogP contribution in [0.4, 0.5) is 0 Å². The van der Waals surface area contributed by atoms with Gasteiger partial charge >= 0.3 is 0 Å². The molecular weight excluding hydrogens is 473 g/mol. The number of rotatable bonds is 3. The number of aromatic hydroxyl groups is 1. The summed E-state index contributed by atoms with van der Waals surface area (Å²) in [7, 11) is 0. The molecule has 0 amide bonds. The zero-order chi connectivity index (χ0) is 22.5. The maximum absolute atomic E-state index is 10.7. The van der Waals surface area contributed by atoms with E-state index in [2.05, 4.69) is 58.5 Å². The topological polar surface area (TPSA) is 102 Å². The van der Waals surface area contributed by atoms with Crippen LogP contribution in [0.3, 0.4) is 0 Å². The van der Waals surface area contributed by atoms with Gasteiger partial charge < -0.3 is 10.4 Å². The number of benzene rings is 1. The Balaban J connectivity index is 0.00000162. The largest absolute Gasteiger partial charge is 0.507 e. The number of phenolic OH excluding ortho intramolecular Hbond substituents is 1. The Kier molecular flexibility index (Phi) is 7.17. The number of fused-ring (bicyclic) bond motifs is 1. The lowest BCUT2D eigenvalue weighted by Gasteiger charge is -2.46. The molecule has 180 valence electrons. The van der Waals surface area contributed by atoms with E-state index < -0.39 is 0 Å². The number of aromatic nitrogens is 6. The Labute approximate surface area is 211 Å². The molecule has 1 aliphatic rings. The normalized spacial score (nSPS) is 17.1. The van der Waals surface area contributed by atoms with Gasteiger partial charge in [-0.3, -0.25) is 4.98 Å². The van der Waals surface area contributed by atoms with E-state index in [1.54, 1.807) is 18.5 Å². The summed E-state index contributed by atoms with van der Waals surface area (Å²) in [5.41, 5.74) is 4.29. The van der Waals surface area contributed by atoms with Crippen molar-refractivity contribution in [2.24, 2.45) is 0 Å². The number of pyridine rings is 1. The third kappa shape index (κ3) is 4.99. The van der Waals surface area contributed by atoms with Gasteiger partial charge in [0.2, 0.25) is 5.65 Å². The predicted molar refractivity (Wildman–Crippen MR) is 138 cm³/mol. The fourth-order valence-electron chi connectivity index (χ4n) is 5.03. The monoisotopic (exact) mass is 501 g/mol. The van der Waals surface area contributed by atoms with Crippen LogP contribution >= 0.6 is 24.8 Å². The van der Waals surface area contributed by atoms with Crippen LogP contribution in [0.2, 0.25) is 0 Å². The summed E-state index contributed by atoms with van der Waals surface area (Å²) in [6.45, 7) is 8.84. The smallest absolute Gasteiger partial charge is 0.201 e. The second kappa shape index (κ2) is 9.44. The van der Waals surface area contributed by atoms with E-state index in [9.17, 15) is 5.11 Å². The van der Waals surface area contributed by atoms with Crippen molar-refractivity contribution in [2.45, 2.75) is 57.7 Å². The minimum Gasteiger partial charge on any atom is -0.507 e. The molecule has 0 atom stereocenters. The average molecular weight is 502 g/mol. The molecule has 10 heteroatoms. The van der Waals surface area contributed by atoms with Crippen LogP contribution < -0.4 is 5.32 Å². The molecule has 0 unspecified atom stereocenters. The van der Waals surface area contributed by atoms with E-state index in [0.29, 0.717) is 22.4 Å². The maximum Gasteiger partial charge on any atom is 0.201 e. The number of nitrogens with one attached hydrogen (secondary N) is 1. The first-order valence-corrected chi connectivity index (χ1v) is 10.8. The molecule has 34 heavy (non-hydrogen) atoms. The van der Waals surface area contributed by atoms with Gasteiger partial charge in [-0.1, -0.05) is 17.3 Å². The van der Waals surface area contributed by atoms with Gasteiger partial charge in [-0.25, -0.2) is 4.68 Å². The molecule has 3 aromatic heterocycles. The van der Waals surface area contributed by atoms with Gasteiger partial charge in [0.1, 0.15) is 11.3 Å². The lowest BCUT2D eigenvalue weighted by Crippen LogP contribution is -2.58. The van der Waals surface area contributed by atoms with Crippen LogP contribution in [0.15, 0.2) is 48.8 Å². The molecule has 5 rings (SSSR count). The van der Waals surface area contributed by atoms with Gasteiger partial charge in [0.25, 0.3) is 0 Å². The molecule has 1 aromatic carbocycles. The second-order valence-electron chi connectivity index (χ2n) is 9.90. The van der Waals surface area contributed by atoms with Crippen LogP contribution in [0, 0.1) is 0 Å². The molecule has 4 heterocycles. The average Bonchev–Trinajstić information content (AvgIpc) is 3.15. The zero-order valence-corrected chi connectivity index (χ0v) is 21.2. The molecule has 0 spiro atoms. The highest BCUT2D eigenvalue weighted by molar-refractivity contribution is 5.85. The standard InChI is InChI=1S/C24H27N7O.2ClH/c1-23(2)12-17(13-24(3,4)29-23)31-22-20(27-30-31)11-19(26-28-22)18-8-7-15(10-21(18)32)16-6-5-9-25-14-16;;/h5-11,14,17,29,32H,12-13H2,1-4H3;2*1H. The summed E-state index contributed by atoms with van der Waals surface area (Å²) in [5.74, 6) is 0.134. The molecule has 1 fully saturated rings. The summed E-state index contributed by atoms with van der Waals surface area (Å²) in [4.78, 5) is 4.14. The van der Waals surface area contributed by atoms with Gasteiger partial charge in [-0.15, -0.1) is 40.1 Å². The molecule has 1 saturated heterocycles. The van der Waals surface area contributed by atoms with Crippen LogP contribution in [-0.4, -0.2) is 46.4 Å². The third-order valence-electron chi connectivity index (χ3n) is 6.00. The lowest BCUT2D eigenvalue weighted by molar-refractivity contribution is 0.127. The highest BCUT2D eigenvalue weighted by Crippen LogP contribution is 2.37. The van der Waals surface area contributed by atoms with Crippen LogP contribution in [0.25, 0.3) is 33.5 Å². The summed E-state index contributed by atoms with van der Waals surface area (Å²) < 4.78 is 1.90. The van der Waals surface area contributed by atoms with Crippen molar-refractivity contribution in [1.29, 1.82) is 0 Å². The van der Waals surface area contributed by atoms with E-state index in [4.69, 9.17) is 0 Å². The Morgan fingerprint density at radius 2 is 1.68 bits per heavy atom. The molecule has 0 aliphatic carbocycles. The number of hydrogen-bond donors (Lipinski definition) is 2. The molecule has 1 aliphatic heterocycles. The Morgan fingerprint density at radius 3 is 2.32 bits per heavy atom. The number of piperidine rings is 1. The fourth-order valence-corrected chi connectivity index (χ4v) is 5.03. The van der Waals surface area contributed by atoms with Crippen molar-refractivity contribution in [3.05, 3.63) is 48.8 Å². The van der Waals surface area contributed by atoms with Crippen molar-refractivity contribution in [2.75, 3.05) is 0 Å². The van der Waals surface area contributed by atoms with Gasteiger partial charge in [0.15, 0.2) is 0 Å². The first kappa shape index (κ1) is 25.8. The highest BCUT2D eigenvalue weighted by atomic mass is 35.5. The van der Waals surface area contributed by atoms with Crippen molar-refractivity contribution in [1.82, 2.24) is 35.5 Å². The first-order chi connectivity index (χ1) is 15.2. The minimum absolute atomic E-state index is 0. The lowest BCUT2D eigenvalue weighted by atomic mass is 9.80. The molecule has 8 nitrogen and oxygen atoms in total. The summed E-state index contributed by atoms with van der Waals surface area (Å²) in [6.07, 6.45) is 5.34. The van der Waals surface area contributed by atoms with E-state index >= 15 is 0 Å². The molecule has 2 N–H and O–H groups in total. The summed E-state index contributed by atoms with van der Waals surface area (Å²) in [5, 5.41) is 32.0. The van der Waals surface area contributed by atoms with Gasteiger partial charge in [-0.05, 0) is 70.4 Å². The zero-order valence-electron chi connectivity index (χ0n) is 19.6. The van der Waals surface area contributed by atoms with E-state index in [0.717, 1.165) is 24.0 Å². The molecule has 0 saturated carbocycles. The molecule has 0 radical (unpaired) electrons. The van der Waals surface area contributed by atoms with E-state index in [1.807, 2.05) is 35.0 Å². The predicted octanol–water partition coefficient (Wildman–Crippen LogP) is 4.98. The van der Waals surface area contributed by atoms with Gasteiger partial charge in [0, 0.05) is 34.6 Å². The van der Waals surface area contributed by atoms with Gasteiger partial charge in [-0.2, -0.15) is 0 Å². The Morgan fingerprint density at radius 1 is 0.941 bits per heavy atom. The third-order valence-corrected chi connectivity index (χ3v) is 6.00. The van der Waals surface area contributed by atoms with E-state index in [-0.39, 0.29) is 47.7 Å². The highest BCUT2D eigenvalue weighted by Gasteiger charge is 2.39. The van der Waals surface area contributed by atoms with Crippen LogP contribution in [0.1, 0.15) is 46.6 Å². The number of halogens is 2. The molecular formula is C24H29Cl2N7O. The van der Waals surface area contributed by atoms with Crippen molar-refractivity contribution in [3.63, 3.8) is 0 Å². The Bertz CT molecular complexity index is 1280. The maximum atomic E-state index is 10.7. The number of phenols is 1. The van der Waals surface area contributed by atoms with Crippen molar-refractivity contribution in [3.8, 4) is 28.1 Å². The van der Waals surface area contributed by atoms with Crippen LogP contribution in [-0.2, 0) is 0 Å². The number of hydrogen-bond acceptors (Lipinski definition) is 7. The first-order valence-electron chi connectivity index (χ1n) is 10.8. The van der Waals surface area contributed by atoms with Crippen LogP contribution in [0.5, 0.6) is 5.75 Å². The molecule has 4 aromatic rings.